The summed E-state index contributed by atoms with van der Waals surface area (Å²) in [7, 11) is 0. The molecule has 2 heterocycles. The van der Waals surface area contributed by atoms with Crippen LogP contribution in [0, 0.1) is 0 Å². The molecule has 6 heteroatoms. The van der Waals surface area contributed by atoms with Crippen molar-refractivity contribution in [2.45, 2.75) is 43.8 Å². The van der Waals surface area contributed by atoms with E-state index in [1.807, 2.05) is 16.7 Å². The largest absolute Gasteiger partial charge is 0.335 e. The summed E-state index contributed by atoms with van der Waals surface area (Å²) >= 11 is 1.94. The van der Waals surface area contributed by atoms with Crippen LogP contribution in [-0.4, -0.2) is 49.6 Å². The van der Waals surface area contributed by atoms with Crippen LogP contribution in [-0.2, 0) is 0 Å². The van der Waals surface area contributed by atoms with Gasteiger partial charge >= 0.3 is 0 Å². The first-order chi connectivity index (χ1) is 9.05. The summed E-state index contributed by atoms with van der Waals surface area (Å²) in [6, 6.07) is 0. The predicted molar refractivity (Wildman–Crippen MR) is 75.4 cm³/mol. The molecule has 1 N–H and O–H groups in total. The number of amides is 1. The van der Waals surface area contributed by atoms with Gasteiger partial charge in [-0.15, -0.1) is 5.10 Å². The van der Waals surface area contributed by atoms with Crippen molar-refractivity contribution in [2.24, 2.45) is 0 Å². The fraction of sp³-hybridized carbons (Fsp3) is 0.769. The molecule has 1 aliphatic carbocycles. The number of hydrogen-bond acceptors (Lipinski definition) is 4. The highest BCUT2D eigenvalue weighted by Gasteiger charge is 2.31. The number of carbonyl (C=O) groups is 1. The normalized spacial score (nSPS) is 23.2. The fourth-order valence-electron chi connectivity index (χ4n) is 2.27. The van der Waals surface area contributed by atoms with Crippen LogP contribution in [0.2, 0.25) is 0 Å². The molecule has 1 saturated heterocycles. The monoisotopic (exact) mass is 280 g/mol. The quantitative estimate of drug-likeness (QED) is 0.900. The van der Waals surface area contributed by atoms with Crippen LogP contribution in [0.25, 0.3) is 0 Å². The van der Waals surface area contributed by atoms with Crippen LogP contribution < -0.4 is 0 Å². The number of hydrogen-bond donors (Lipinski definition) is 1. The van der Waals surface area contributed by atoms with Gasteiger partial charge in [0, 0.05) is 29.5 Å². The van der Waals surface area contributed by atoms with Gasteiger partial charge in [-0.3, -0.25) is 9.89 Å². The number of aromatic nitrogens is 3. The van der Waals surface area contributed by atoms with Gasteiger partial charge in [0.25, 0.3) is 5.91 Å². The molecular formula is C13H20N4OS. The highest BCUT2D eigenvalue weighted by Crippen LogP contribution is 2.37. The maximum Gasteiger partial charge on any atom is 0.293 e. The lowest BCUT2D eigenvalue weighted by atomic mass is 10.1. The van der Waals surface area contributed by atoms with Crippen LogP contribution in [0.1, 0.15) is 55.5 Å². The molecule has 0 unspecified atom stereocenters. The van der Waals surface area contributed by atoms with Crippen molar-refractivity contribution >= 4 is 17.7 Å². The summed E-state index contributed by atoms with van der Waals surface area (Å²) in [5, 5.41) is 6.99. The van der Waals surface area contributed by atoms with Crippen molar-refractivity contribution in [3.8, 4) is 0 Å². The Kier molecular flexibility index (Phi) is 3.28. The Balaban J connectivity index is 1.68. The lowest BCUT2D eigenvalue weighted by molar-refractivity contribution is 0.0752. The van der Waals surface area contributed by atoms with Crippen LogP contribution >= 0.6 is 11.8 Å². The molecule has 3 rings (SSSR count). The van der Waals surface area contributed by atoms with E-state index in [2.05, 4.69) is 29.0 Å². The topological polar surface area (TPSA) is 61.9 Å². The molecule has 0 aromatic carbocycles. The molecule has 1 aromatic heterocycles. The molecule has 0 bridgehead atoms. The molecule has 0 spiro atoms. The van der Waals surface area contributed by atoms with Gasteiger partial charge in [-0.25, -0.2) is 4.98 Å². The summed E-state index contributed by atoms with van der Waals surface area (Å²) in [5.41, 5.74) is 0. The standard InChI is InChI=1S/C13H20N4OS/c1-13(2)5-6-17(7-8-19-13)12(18)11-14-10(15-16-11)9-3-4-9/h9H,3-8H2,1-2H3,(H,14,15,16). The highest BCUT2D eigenvalue weighted by atomic mass is 32.2. The molecule has 2 fully saturated rings. The highest BCUT2D eigenvalue weighted by molar-refractivity contribution is 8.00. The first-order valence-corrected chi connectivity index (χ1v) is 7.89. The van der Waals surface area contributed by atoms with Gasteiger partial charge in [0.1, 0.15) is 5.82 Å². The third-order valence-corrected chi connectivity index (χ3v) is 5.16. The van der Waals surface area contributed by atoms with Crippen molar-refractivity contribution in [3.05, 3.63) is 11.6 Å². The van der Waals surface area contributed by atoms with Crippen LogP contribution in [0.4, 0.5) is 0 Å². The second-order valence-corrected chi connectivity index (χ2v) is 7.77. The van der Waals surface area contributed by atoms with Crippen molar-refractivity contribution in [1.82, 2.24) is 20.1 Å². The van der Waals surface area contributed by atoms with E-state index in [0.29, 0.717) is 11.7 Å². The molecule has 19 heavy (non-hydrogen) atoms. The van der Waals surface area contributed by atoms with Gasteiger partial charge in [0.2, 0.25) is 5.82 Å². The number of aromatic amines is 1. The van der Waals surface area contributed by atoms with Crippen molar-refractivity contribution in [2.75, 3.05) is 18.8 Å². The minimum absolute atomic E-state index is 0.0264. The average Bonchev–Trinajstić information content (AvgIpc) is 3.13. The minimum atomic E-state index is -0.0264. The SMILES string of the molecule is CC1(C)CCN(C(=O)c2n[nH]c(C3CC3)n2)CCS1. The maximum atomic E-state index is 12.4. The fourth-order valence-corrected chi connectivity index (χ4v) is 3.37. The number of nitrogens with one attached hydrogen (secondary N) is 1. The van der Waals surface area contributed by atoms with Crippen molar-refractivity contribution < 1.29 is 4.79 Å². The minimum Gasteiger partial charge on any atom is -0.335 e. The van der Waals surface area contributed by atoms with E-state index in [0.717, 1.165) is 43.9 Å². The molecular weight excluding hydrogens is 260 g/mol. The van der Waals surface area contributed by atoms with E-state index in [1.54, 1.807) is 0 Å². The van der Waals surface area contributed by atoms with Crippen LogP contribution in [0.5, 0.6) is 0 Å². The third kappa shape index (κ3) is 2.94. The summed E-state index contributed by atoms with van der Waals surface area (Å²) < 4.78 is 0.257. The summed E-state index contributed by atoms with van der Waals surface area (Å²) in [6.45, 7) is 6.07. The van der Waals surface area contributed by atoms with Gasteiger partial charge in [0.05, 0.1) is 0 Å². The lowest BCUT2D eigenvalue weighted by Gasteiger charge is -2.21. The maximum absolute atomic E-state index is 12.4. The molecule has 104 valence electrons. The Labute approximate surface area is 117 Å². The predicted octanol–water partition coefficient (Wildman–Crippen LogP) is 2.04. The number of nitrogens with zero attached hydrogens (tertiary/aromatic N) is 3. The van der Waals surface area contributed by atoms with E-state index in [4.69, 9.17) is 0 Å². The molecule has 0 radical (unpaired) electrons. The Morgan fingerprint density at radius 2 is 2.21 bits per heavy atom. The first kappa shape index (κ1) is 13.0. The number of rotatable bonds is 2. The molecule has 5 nitrogen and oxygen atoms in total. The number of H-pyrrole nitrogens is 1. The lowest BCUT2D eigenvalue weighted by Crippen LogP contribution is -2.34. The Bertz CT molecular complexity index is 481. The number of thioether (sulfide) groups is 1. The zero-order valence-electron chi connectivity index (χ0n) is 11.5. The molecule has 1 saturated carbocycles. The van der Waals surface area contributed by atoms with Crippen molar-refractivity contribution in [3.63, 3.8) is 0 Å². The van der Waals surface area contributed by atoms with E-state index in [1.165, 1.54) is 0 Å². The third-order valence-electron chi connectivity index (χ3n) is 3.78. The second kappa shape index (κ2) is 4.81. The summed E-state index contributed by atoms with van der Waals surface area (Å²) in [4.78, 5) is 18.6. The van der Waals surface area contributed by atoms with E-state index in [-0.39, 0.29) is 10.7 Å². The van der Waals surface area contributed by atoms with Gasteiger partial charge < -0.3 is 4.90 Å². The summed E-state index contributed by atoms with van der Waals surface area (Å²) in [6.07, 6.45) is 3.35. The van der Waals surface area contributed by atoms with Gasteiger partial charge in [-0.1, -0.05) is 13.8 Å². The van der Waals surface area contributed by atoms with E-state index < -0.39 is 0 Å². The Morgan fingerprint density at radius 1 is 1.42 bits per heavy atom. The second-order valence-electron chi connectivity index (χ2n) is 5.97. The Hall–Kier alpha value is -1.04. The van der Waals surface area contributed by atoms with E-state index >= 15 is 0 Å². The smallest absolute Gasteiger partial charge is 0.293 e. The Morgan fingerprint density at radius 3 is 2.95 bits per heavy atom. The zero-order chi connectivity index (χ0) is 13.5. The molecule has 1 amide bonds. The molecule has 1 aromatic rings. The molecule has 0 atom stereocenters. The number of carbonyl (C=O) groups excluding carboxylic acids is 1. The average molecular weight is 280 g/mol. The van der Waals surface area contributed by atoms with Crippen LogP contribution in [0.3, 0.4) is 0 Å². The first-order valence-electron chi connectivity index (χ1n) is 6.91. The molecule has 2 aliphatic rings. The van der Waals surface area contributed by atoms with Crippen molar-refractivity contribution in [1.29, 1.82) is 0 Å². The summed E-state index contributed by atoms with van der Waals surface area (Å²) in [5.74, 6) is 2.69. The molecule has 1 aliphatic heterocycles. The van der Waals surface area contributed by atoms with E-state index in [9.17, 15) is 4.79 Å². The zero-order valence-corrected chi connectivity index (χ0v) is 12.3. The van der Waals surface area contributed by atoms with Crippen LogP contribution in [0.15, 0.2) is 0 Å². The van der Waals surface area contributed by atoms with Gasteiger partial charge in [0.15, 0.2) is 0 Å². The van der Waals surface area contributed by atoms with Gasteiger partial charge in [-0.05, 0) is 19.3 Å². The van der Waals surface area contributed by atoms with Gasteiger partial charge in [-0.2, -0.15) is 11.8 Å².